The highest BCUT2D eigenvalue weighted by atomic mass is 16.2. The van der Waals surface area contributed by atoms with Crippen molar-refractivity contribution in [3.05, 3.63) is 65.7 Å². The van der Waals surface area contributed by atoms with Crippen molar-refractivity contribution >= 4 is 17.5 Å². The molecule has 0 saturated carbocycles. The Morgan fingerprint density at radius 1 is 0.679 bits per heavy atom. The van der Waals surface area contributed by atoms with E-state index in [2.05, 4.69) is 17.6 Å². The molecule has 2 N–H and O–H groups in total. The van der Waals surface area contributed by atoms with E-state index in [1.54, 1.807) is 36.4 Å². The van der Waals surface area contributed by atoms with Crippen molar-refractivity contribution in [2.75, 3.05) is 11.9 Å². The van der Waals surface area contributed by atoms with Crippen molar-refractivity contribution in [2.24, 2.45) is 0 Å². The molecule has 150 valence electrons. The van der Waals surface area contributed by atoms with Gasteiger partial charge in [-0.05, 0) is 42.8 Å². The Bertz CT molecular complexity index is 711. The normalized spacial score (nSPS) is 10.5. The van der Waals surface area contributed by atoms with E-state index in [-0.39, 0.29) is 11.8 Å². The predicted molar refractivity (Wildman–Crippen MR) is 116 cm³/mol. The number of amides is 2. The van der Waals surface area contributed by atoms with Crippen LogP contribution < -0.4 is 10.6 Å². The molecule has 0 heterocycles. The fourth-order valence-electron chi connectivity index (χ4n) is 3.06. The fraction of sp³-hybridized carbons (Fsp3) is 0.417. The molecule has 0 atom stereocenters. The maximum absolute atomic E-state index is 12.2. The lowest BCUT2D eigenvalue weighted by atomic mass is 10.1. The molecule has 0 aromatic heterocycles. The van der Waals surface area contributed by atoms with Gasteiger partial charge in [-0.1, -0.05) is 70.1 Å². The third-order valence-electron chi connectivity index (χ3n) is 4.76. The average molecular weight is 381 g/mol. The summed E-state index contributed by atoms with van der Waals surface area (Å²) in [5.74, 6) is -0.226. The summed E-state index contributed by atoms with van der Waals surface area (Å²) in [4.78, 5) is 24.4. The van der Waals surface area contributed by atoms with Crippen LogP contribution in [0, 0.1) is 0 Å². The van der Waals surface area contributed by atoms with Crippen LogP contribution in [0.5, 0.6) is 0 Å². The van der Waals surface area contributed by atoms with Gasteiger partial charge in [0.25, 0.3) is 11.8 Å². The van der Waals surface area contributed by atoms with Crippen molar-refractivity contribution in [1.29, 1.82) is 0 Å². The number of rotatable bonds is 12. The van der Waals surface area contributed by atoms with Crippen LogP contribution in [0.1, 0.15) is 79.0 Å². The van der Waals surface area contributed by atoms with Crippen LogP contribution in [0.15, 0.2) is 54.6 Å². The summed E-state index contributed by atoms with van der Waals surface area (Å²) in [6.07, 6.45) is 10.0. The van der Waals surface area contributed by atoms with E-state index < -0.39 is 0 Å². The first kappa shape index (κ1) is 21.7. The number of hydrogen-bond acceptors (Lipinski definition) is 2. The molecule has 0 aliphatic carbocycles. The summed E-state index contributed by atoms with van der Waals surface area (Å²) in [5, 5.41) is 5.81. The lowest BCUT2D eigenvalue weighted by Gasteiger charge is -2.08. The summed E-state index contributed by atoms with van der Waals surface area (Å²) < 4.78 is 0. The minimum absolute atomic E-state index is 0.0659. The van der Waals surface area contributed by atoms with Crippen LogP contribution in [-0.4, -0.2) is 18.4 Å². The van der Waals surface area contributed by atoms with E-state index in [1.807, 2.05) is 18.2 Å². The second kappa shape index (κ2) is 12.7. The van der Waals surface area contributed by atoms with Crippen molar-refractivity contribution in [2.45, 2.75) is 58.3 Å². The highest BCUT2D eigenvalue weighted by Gasteiger charge is 2.07. The molecule has 2 aromatic carbocycles. The standard InChI is InChI=1S/C24H32N2O2/c1-2-3-4-5-6-7-8-12-19-25-23(27)21-15-17-22(18-16-21)26-24(28)20-13-10-9-11-14-20/h9-11,13-18H,2-8,12,19H2,1H3,(H,25,27)(H,26,28). The number of unbranched alkanes of at least 4 members (excludes halogenated alkanes) is 7. The number of carbonyl (C=O) groups is 2. The Morgan fingerprint density at radius 3 is 1.89 bits per heavy atom. The zero-order valence-corrected chi connectivity index (χ0v) is 16.9. The van der Waals surface area contributed by atoms with Gasteiger partial charge in [0.2, 0.25) is 0 Å². The zero-order chi connectivity index (χ0) is 20.0. The highest BCUT2D eigenvalue weighted by Crippen LogP contribution is 2.12. The van der Waals surface area contributed by atoms with E-state index in [1.165, 1.54) is 38.5 Å². The Balaban J connectivity index is 1.65. The zero-order valence-electron chi connectivity index (χ0n) is 16.9. The van der Waals surface area contributed by atoms with Gasteiger partial charge in [-0.15, -0.1) is 0 Å². The quantitative estimate of drug-likeness (QED) is 0.457. The van der Waals surface area contributed by atoms with Crippen LogP contribution in [0.25, 0.3) is 0 Å². The molecule has 2 aromatic rings. The fourth-order valence-corrected chi connectivity index (χ4v) is 3.06. The minimum Gasteiger partial charge on any atom is -0.352 e. The molecule has 4 nitrogen and oxygen atoms in total. The second-order valence-electron chi connectivity index (χ2n) is 7.13. The number of carbonyl (C=O) groups excluding carboxylic acids is 2. The Kier molecular flexibility index (Phi) is 9.84. The lowest BCUT2D eigenvalue weighted by molar-refractivity contribution is 0.0952. The number of anilines is 1. The molecule has 0 spiro atoms. The van der Waals surface area contributed by atoms with Gasteiger partial charge in [-0.25, -0.2) is 0 Å². The van der Waals surface area contributed by atoms with E-state index >= 15 is 0 Å². The Hall–Kier alpha value is -2.62. The van der Waals surface area contributed by atoms with E-state index in [0.29, 0.717) is 23.4 Å². The molecular formula is C24H32N2O2. The van der Waals surface area contributed by atoms with Crippen LogP contribution in [0.4, 0.5) is 5.69 Å². The SMILES string of the molecule is CCCCCCCCCCNC(=O)c1ccc(NC(=O)c2ccccc2)cc1. The second-order valence-corrected chi connectivity index (χ2v) is 7.13. The molecule has 0 unspecified atom stereocenters. The minimum atomic E-state index is -0.160. The third kappa shape index (κ3) is 7.95. The summed E-state index contributed by atoms with van der Waals surface area (Å²) in [7, 11) is 0. The van der Waals surface area contributed by atoms with Gasteiger partial charge >= 0.3 is 0 Å². The van der Waals surface area contributed by atoms with Crippen molar-refractivity contribution < 1.29 is 9.59 Å². The largest absolute Gasteiger partial charge is 0.352 e. The molecule has 2 rings (SSSR count). The lowest BCUT2D eigenvalue weighted by Crippen LogP contribution is -2.24. The van der Waals surface area contributed by atoms with Gasteiger partial charge in [0.05, 0.1) is 0 Å². The molecule has 2 amide bonds. The van der Waals surface area contributed by atoms with Gasteiger partial charge in [0.1, 0.15) is 0 Å². The van der Waals surface area contributed by atoms with Crippen LogP contribution >= 0.6 is 0 Å². The van der Waals surface area contributed by atoms with Gasteiger partial charge < -0.3 is 10.6 Å². The van der Waals surface area contributed by atoms with Gasteiger partial charge in [-0.3, -0.25) is 9.59 Å². The molecule has 0 aliphatic heterocycles. The highest BCUT2D eigenvalue weighted by molar-refractivity contribution is 6.04. The topological polar surface area (TPSA) is 58.2 Å². The molecule has 28 heavy (non-hydrogen) atoms. The molecule has 0 bridgehead atoms. The van der Waals surface area contributed by atoms with Gasteiger partial charge in [0, 0.05) is 23.4 Å². The average Bonchev–Trinajstić information content (AvgIpc) is 2.73. The maximum Gasteiger partial charge on any atom is 0.255 e. The van der Waals surface area contributed by atoms with Crippen LogP contribution in [0.2, 0.25) is 0 Å². The van der Waals surface area contributed by atoms with Crippen molar-refractivity contribution in [3.63, 3.8) is 0 Å². The Morgan fingerprint density at radius 2 is 1.25 bits per heavy atom. The summed E-state index contributed by atoms with van der Waals surface area (Å²) in [6, 6.07) is 16.1. The summed E-state index contributed by atoms with van der Waals surface area (Å²) >= 11 is 0. The van der Waals surface area contributed by atoms with E-state index in [9.17, 15) is 9.59 Å². The molecular weight excluding hydrogens is 348 g/mol. The number of nitrogens with one attached hydrogen (secondary N) is 2. The van der Waals surface area contributed by atoms with Crippen molar-refractivity contribution in [3.8, 4) is 0 Å². The van der Waals surface area contributed by atoms with E-state index in [0.717, 1.165) is 12.8 Å². The van der Waals surface area contributed by atoms with Crippen molar-refractivity contribution in [1.82, 2.24) is 5.32 Å². The van der Waals surface area contributed by atoms with Gasteiger partial charge in [0.15, 0.2) is 0 Å². The third-order valence-corrected chi connectivity index (χ3v) is 4.76. The molecule has 4 heteroatoms. The Labute approximate surface area is 168 Å². The first-order chi connectivity index (χ1) is 13.7. The van der Waals surface area contributed by atoms with Crippen LogP contribution in [-0.2, 0) is 0 Å². The first-order valence-electron chi connectivity index (χ1n) is 10.5. The van der Waals surface area contributed by atoms with Gasteiger partial charge in [-0.2, -0.15) is 0 Å². The number of benzene rings is 2. The first-order valence-corrected chi connectivity index (χ1v) is 10.5. The smallest absolute Gasteiger partial charge is 0.255 e. The summed E-state index contributed by atoms with van der Waals surface area (Å²) in [5.41, 5.74) is 1.89. The summed E-state index contributed by atoms with van der Waals surface area (Å²) in [6.45, 7) is 2.94. The molecule has 0 fully saturated rings. The molecule has 0 radical (unpaired) electrons. The van der Waals surface area contributed by atoms with Crippen LogP contribution in [0.3, 0.4) is 0 Å². The molecule has 0 saturated heterocycles. The van der Waals surface area contributed by atoms with E-state index in [4.69, 9.17) is 0 Å². The number of hydrogen-bond donors (Lipinski definition) is 2. The molecule has 0 aliphatic rings. The predicted octanol–water partition coefficient (Wildman–Crippen LogP) is 5.81. The monoisotopic (exact) mass is 380 g/mol. The maximum atomic E-state index is 12.2.